The van der Waals surface area contributed by atoms with Gasteiger partial charge in [0.05, 0.1) is 0 Å². The molecule has 3 aliphatic rings. The topological polar surface area (TPSA) is 24.9 Å². The molecule has 0 aromatic carbocycles. The molecule has 0 spiro atoms. The van der Waals surface area contributed by atoms with Crippen LogP contribution in [0.25, 0.3) is 0 Å². The molecule has 1 saturated carbocycles. The number of nitrogens with zero attached hydrogens (tertiary/aromatic N) is 2. The van der Waals surface area contributed by atoms with E-state index in [9.17, 15) is 0 Å². The normalized spacial score (nSPS) is 32.1. The number of ether oxygens (including phenoxy) is 2. The van der Waals surface area contributed by atoms with E-state index in [0.717, 1.165) is 18.9 Å². The molecule has 23 heavy (non-hydrogen) atoms. The first-order valence-electron chi connectivity index (χ1n) is 9.73. The molecule has 2 atom stereocenters. The molecule has 0 unspecified atom stereocenters. The predicted molar refractivity (Wildman–Crippen MR) is 102 cm³/mol. The summed E-state index contributed by atoms with van der Waals surface area (Å²) in [5.74, 6) is 0. The van der Waals surface area contributed by atoms with Crippen LogP contribution in [0.15, 0.2) is 0 Å². The Kier molecular flexibility index (Phi) is 6.42. The molecule has 0 N–H and O–H groups in total. The van der Waals surface area contributed by atoms with Gasteiger partial charge < -0.3 is 0 Å². The molecule has 0 aromatic heterocycles. The van der Waals surface area contributed by atoms with Crippen LogP contribution in [-0.4, -0.2) is 75.2 Å². The van der Waals surface area contributed by atoms with Crippen LogP contribution in [0.3, 0.4) is 0 Å². The van der Waals surface area contributed by atoms with Crippen molar-refractivity contribution in [1.82, 2.24) is 9.34 Å². The Morgan fingerprint density at radius 1 is 0.826 bits per heavy atom. The summed E-state index contributed by atoms with van der Waals surface area (Å²) in [4.78, 5) is 0. The number of hydrogen-bond acceptors (Lipinski definition) is 4. The van der Waals surface area contributed by atoms with E-state index < -0.39 is 7.44 Å². The van der Waals surface area contributed by atoms with Gasteiger partial charge in [-0.1, -0.05) is 0 Å². The van der Waals surface area contributed by atoms with Gasteiger partial charge in [0.25, 0.3) is 0 Å². The third-order valence-corrected chi connectivity index (χ3v) is 12.4. The standard InChI is InChI=1S/C17H36BN2O2P/c1-21-13-15-7-5-11-19(15)23(18,17-9-3-4-10-17)20-12-6-8-16(20)14-22-2/h15-17,23H,3-14,18H2,1-2H3/t15-,16-/m0/s1. The van der Waals surface area contributed by atoms with Gasteiger partial charge >= 0.3 is 143 Å². The van der Waals surface area contributed by atoms with Gasteiger partial charge in [-0.05, 0) is 0 Å². The Hall–Kier alpha value is 0.335. The van der Waals surface area contributed by atoms with Crippen molar-refractivity contribution in [3.63, 3.8) is 0 Å². The predicted octanol–water partition coefficient (Wildman–Crippen LogP) is 2.28. The van der Waals surface area contributed by atoms with Gasteiger partial charge in [-0.3, -0.25) is 0 Å². The number of rotatable bonds is 7. The second-order valence-corrected chi connectivity index (χ2v) is 12.1. The third kappa shape index (κ3) is 3.50. The van der Waals surface area contributed by atoms with Crippen molar-refractivity contribution in [2.45, 2.75) is 69.1 Å². The minimum absolute atomic E-state index is 0.654. The zero-order chi connectivity index (χ0) is 16.3. The molecule has 0 radical (unpaired) electrons. The van der Waals surface area contributed by atoms with Crippen LogP contribution in [0.4, 0.5) is 0 Å². The minimum atomic E-state index is -1.64. The average Bonchev–Trinajstić information content (AvgIpc) is 3.29. The molecular weight excluding hydrogens is 306 g/mol. The first-order valence-corrected chi connectivity index (χ1v) is 12.2. The third-order valence-electron chi connectivity index (χ3n) is 6.76. The molecule has 0 amide bonds. The first kappa shape index (κ1) is 18.1. The van der Waals surface area contributed by atoms with Gasteiger partial charge in [-0.2, -0.15) is 0 Å². The molecule has 4 nitrogen and oxygen atoms in total. The van der Waals surface area contributed by atoms with Crippen molar-refractivity contribution >= 4 is 15.0 Å². The van der Waals surface area contributed by atoms with Gasteiger partial charge in [-0.25, -0.2) is 0 Å². The Bertz CT molecular complexity index is 358. The summed E-state index contributed by atoms with van der Waals surface area (Å²) in [5, 5.41) is 0. The molecule has 6 heteroatoms. The molecule has 2 aliphatic heterocycles. The van der Waals surface area contributed by atoms with Crippen molar-refractivity contribution in [2.24, 2.45) is 0 Å². The van der Waals surface area contributed by atoms with Crippen molar-refractivity contribution in [1.29, 1.82) is 0 Å². The molecule has 1 aliphatic carbocycles. The second kappa shape index (κ2) is 8.14. The van der Waals surface area contributed by atoms with E-state index in [1.807, 2.05) is 14.2 Å². The van der Waals surface area contributed by atoms with Crippen LogP contribution in [0.5, 0.6) is 0 Å². The Balaban J connectivity index is 1.87. The van der Waals surface area contributed by atoms with Gasteiger partial charge in [0.2, 0.25) is 0 Å². The molecule has 2 heterocycles. The van der Waals surface area contributed by atoms with Crippen molar-refractivity contribution in [3.8, 4) is 0 Å². The first-order chi connectivity index (χ1) is 11.2. The van der Waals surface area contributed by atoms with E-state index in [2.05, 4.69) is 16.9 Å². The van der Waals surface area contributed by atoms with Gasteiger partial charge in [-0.15, -0.1) is 0 Å². The summed E-state index contributed by atoms with van der Waals surface area (Å²) >= 11 is 0. The van der Waals surface area contributed by atoms with E-state index in [0.29, 0.717) is 12.1 Å². The Morgan fingerprint density at radius 3 is 1.74 bits per heavy atom. The fraction of sp³-hybridized carbons (Fsp3) is 1.00. The zero-order valence-electron chi connectivity index (χ0n) is 15.4. The van der Waals surface area contributed by atoms with Gasteiger partial charge in [0.1, 0.15) is 0 Å². The average molecular weight is 342 g/mol. The van der Waals surface area contributed by atoms with E-state index in [1.165, 1.54) is 64.5 Å². The van der Waals surface area contributed by atoms with Crippen LogP contribution in [-0.2, 0) is 9.47 Å². The van der Waals surface area contributed by atoms with Crippen LogP contribution < -0.4 is 0 Å². The molecule has 3 fully saturated rings. The summed E-state index contributed by atoms with van der Waals surface area (Å²) in [6, 6.07) is 1.31. The number of hydrogen-bond donors (Lipinski definition) is 0. The van der Waals surface area contributed by atoms with Crippen molar-refractivity contribution < 1.29 is 9.47 Å². The quantitative estimate of drug-likeness (QED) is 0.524. The van der Waals surface area contributed by atoms with Crippen LogP contribution in [0, 0.1) is 0 Å². The monoisotopic (exact) mass is 342 g/mol. The summed E-state index contributed by atoms with van der Waals surface area (Å²) < 4.78 is 17.1. The van der Waals surface area contributed by atoms with Crippen LogP contribution in [0.2, 0.25) is 0 Å². The maximum absolute atomic E-state index is 5.59. The van der Waals surface area contributed by atoms with Crippen LogP contribution in [0.1, 0.15) is 51.4 Å². The van der Waals surface area contributed by atoms with Crippen molar-refractivity contribution in [2.75, 3.05) is 40.5 Å². The molecule has 3 rings (SSSR count). The van der Waals surface area contributed by atoms with Gasteiger partial charge in [0.15, 0.2) is 0 Å². The van der Waals surface area contributed by atoms with Gasteiger partial charge in [0, 0.05) is 0 Å². The van der Waals surface area contributed by atoms with E-state index in [4.69, 9.17) is 9.47 Å². The molecule has 2 saturated heterocycles. The second-order valence-electron chi connectivity index (χ2n) is 7.97. The molecule has 0 aromatic rings. The van der Waals surface area contributed by atoms with E-state index >= 15 is 0 Å². The fourth-order valence-corrected chi connectivity index (χ4v) is 11.6. The molecule has 134 valence electrons. The van der Waals surface area contributed by atoms with E-state index in [1.54, 1.807) is 0 Å². The molecule has 0 bridgehead atoms. The maximum atomic E-state index is 5.59. The summed E-state index contributed by atoms with van der Waals surface area (Å²) in [6.07, 6.45) is 11.2. The Morgan fingerprint density at radius 2 is 1.30 bits per heavy atom. The van der Waals surface area contributed by atoms with E-state index in [-0.39, 0.29) is 0 Å². The Labute approximate surface area is 144 Å². The summed E-state index contributed by atoms with van der Waals surface area (Å²) in [5.41, 5.74) is 0.942. The number of methoxy groups -OCH3 is 2. The van der Waals surface area contributed by atoms with Crippen LogP contribution >= 0.6 is 7.44 Å². The summed E-state index contributed by atoms with van der Waals surface area (Å²) in [6.45, 7) is 4.42. The SMILES string of the molecule is B[PH](C1CCCC1)(N1CCC[C@H]1COC)N1CCC[C@H]1COC. The fourth-order valence-electron chi connectivity index (χ4n) is 5.70. The molecular formula is C17H36BN2O2P. The summed E-state index contributed by atoms with van der Waals surface area (Å²) in [7, 11) is 4.78. The van der Waals surface area contributed by atoms with Crippen molar-refractivity contribution in [3.05, 3.63) is 0 Å². The zero-order valence-corrected chi connectivity index (χ0v) is 16.4.